The Bertz CT molecular complexity index is 162. The van der Waals surface area contributed by atoms with E-state index in [-0.39, 0.29) is 6.54 Å². The van der Waals surface area contributed by atoms with Gasteiger partial charge < -0.3 is 9.84 Å². The lowest BCUT2D eigenvalue weighted by molar-refractivity contribution is -0.134. The van der Waals surface area contributed by atoms with Gasteiger partial charge in [-0.1, -0.05) is 0 Å². The van der Waals surface area contributed by atoms with Crippen molar-refractivity contribution in [3.05, 3.63) is 0 Å². The molecule has 0 spiro atoms. The fraction of sp³-hybridized carbons (Fsp3) is 0.667. The van der Waals surface area contributed by atoms with Crippen LogP contribution >= 0.6 is 7.82 Å². The van der Waals surface area contributed by atoms with Crippen LogP contribution in [0.3, 0.4) is 0 Å². The van der Waals surface area contributed by atoms with Gasteiger partial charge in [-0.05, 0) is 7.05 Å². The van der Waals surface area contributed by atoms with Crippen LogP contribution in [0.25, 0.3) is 0 Å². The van der Waals surface area contributed by atoms with E-state index in [1.54, 1.807) is 0 Å². The summed E-state index contributed by atoms with van der Waals surface area (Å²) in [6.45, 7) is -0.217. The molecule has 0 aromatic rings. The molecule has 0 atom stereocenters. The second-order valence-corrected chi connectivity index (χ2v) is 2.65. The molecule has 6 nitrogen and oxygen atoms in total. The lowest BCUT2D eigenvalue weighted by atomic mass is 10.7. The molecule has 0 amide bonds. The summed E-state index contributed by atoms with van der Waals surface area (Å²) in [5, 5.41) is 2.37. The maximum Gasteiger partial charge on any atom is 0.527 e. The first-order valence-corrected chi connectivity index (χ1v) is 3.91. The standard InChI is InChI=1S/C3H8NO5P/c1-4-2-3(5)9-10(6,7)8/h4H,2H2,1H3,(H2,6,7,8). The third kappa shape index (κ3) is 5.71. The number of likely N-dealkylation sites (N-methyl/N-ethyl adjacent to an activating group) is 1. The molecule has 0 radical (unpaired) electrons. The normalized spacial score (nSPS) is 11.1. The highest BCUT2D eigenvalue weighted by Gasteiger charge is 2.18. The van der Waals surface area contributed by atoms with E-state index < -0.39 is 13.8 Å². The molecule has 3 N–H and O–H groups in total. The van der Waals surface area contributed by atoms with Crippen LogP contribution in [0.5, 0.6) is 0 Å². The predicted molar refractivity (Wildman–Crippen MR) is 32.1 cm³/mol. The Morgan fingerprint density at radius 1 is 1.70 bits per heavy atom. The van der Waals surface area contributed by atoms with E-state index in [0.717, 1.165) is 0 Å². The van der Waals surface area contributed by atoms with E-state index in [2.05, 4.69) is 9.84 Å². The lowest BCUT2D eigenvalue weighted by Crippen LogP contribution is -2.19. The van der Waals surface area contributed by atoms with E-state index in [1.807, 2.05) is 0 Å². The van der Waals surface area contributed by atoms with E-state index in [4.69, 9.17) is 9.79 Å². The number of rotatable bonds is 3. The van der Waals surface area contributed by atoms with Crippen molar-refractivity contribution in [2.45, 2.75) is 0 Å². The third-order valence-electron chi connectivity index (χ3n) is 0.542. The molecule has 0 aromatic carbocycles. The number of phosphoric ester groups is 1. The average Bonchev–Trinajstić information content (AvgIpc) is 1.59. The number of nitrogens with one attached hydrogen (secondary N) is 1. The Morgan fingerprint density at radius 2 is 2.20 bits per heavy atom. The number of hydrogen-bond acceptors (Lipinski definition) is 4. The van der Waals surface area contributed by atoms with Crippen LogP contribution in [0, 0.1) is 0 Å². The SMILES string of the molecule is CNCC(=O)OP(=O)(O)O. The first kappa shape index (κ1) is 9.58. The molecule has 10 heavy (non-hydrogen) atoms. The Hall–Kier alpha value is -0.420. The average molecular weight is 169 g/mol. The zero-order valence-corrected chi connectivity index (χ0v) is 6.17. The van der Waals surface area contributed by atoms with Gasteiger partial charge in [-0.25, -0.2) is 4.57 Å². The molecule has 0 aliphatic heterocycles. The van der Waals surface area contributed by atoms with Crippen LogP contribution < -0.4 is 5.32 Å². The Morgan fingerprint density at radius 3 is 2.50 bits per heavy atom. The first-order chi connectivity index (χ1) is 4.45. The smallest absolute Gasteiger partial charge is 0.370 e. The van der Waals surface area contributed by atoms with Crippen LogP contribution in [0.4, 0.5) is 0 Å². The molecular formula is C3H8NO5P. The maximum atomic E-state index is 10.3. The van der Waals surface area contributed by atoms with Crippen molar-refractivity contribution in [2.75, 3.05) is 13.6 Å². The summed E-state index contributed by atoms with van der Waals surface area (Å²) in [7, 11) is -3.18. The van der Waals surface area contributed by atoms with Crippen LogP contribution in [0.15, 0.2) is 0 Å². The monoisotopic (exact) mass is 169 g/mol. The van der Waals surface area contributed by atoms with Gasteiger partial charge in [0.05, 0.1) is 6.54 Å². The maximum absolute atomic E-state index is 10.3. The fourth-order valence-electron chi connectivity index (χ4n) is 0.309. The zero-order valence-electron chi connectivity index (χ0n) is 5.27. The van der Waals surface area contributed by atoms with E-state index in [1.165, 1.54) is 7.05 Å². The van der Waals surface area contributed by atoms with Crippen molar-refractivity contribution >= 4 is 13.8 Å². The van der Waals surface area contributed by atoms with Gasteiger partial charge >= 0.3 is 13.8 Å². The number of phosphoric acid groups is 1. The topological polar surface area (TPSA) is 95.9 Å². The molecule has 60 valence electrons. The van der Waals surface area contributed by atoms with Crippen LogP contribution in [0.1, 0.15) is 0 Å². The highest BCUT2D eigenvalue weighted by Crippen LogP contribution is 2.35. The van der Waals surface area contributed by atoms with Gasteiger partial charge in [-0.2, -0.15) is 0 Å². The summed E-state index contributed by atoms with van der Waals surface area (Å²) in [5.41, 5.74) is 0. The van der Waals surface area contributed by atoms with Gasteiger partial charge in [0.2, 0.25) is 0 Å². The van der Waals surface area contributed by atoms with E-state index in [9.17, 15) is 9.36 Å². The molecular weight excluding hydrogens is 161 g/mol. The summed E-state index contributed by atoms with van der Waals surface area (Å²) in [6, 6.07) is 0. The number of carbonyl (C=O) groups excluding carboxylic acids is 1. The minimum atomic E-state index is -4.64. The number of carbonyl (C=O) groups is 1. The highest BCUT2D eigenvalue weighted by atomic mass is 31.2. The predicted octanol–water partition coefficient (Wildman–Crippen LogP) is -1.16. The zero-order chi connectivity index (χ0) is 8.20. The summed E-state index contributed by atoms with van der Waals surface area (Å²) in [6.07, 6.45) is 0. The highest BCUT2D eigenvalue weighted by molar-refractivity contribution is 7.46. The quantitative estimate of drug-likeness (QED) is 0.461. The summed E-state index contributed by atoms with van der Waals surface area (Å²) in [4.78, 5) is 26.4. The molecule has 0 aromatic heterocycles. The van der Waals surface area contributed by atoms with Crippen molar-refractivity contribution in [1.29, 1.82) is 0 Å². The van der Waals surface area contributed by atoms with E-state index in [0.29, 0.717) is 0 Å². The summed E-state index contributed by atoms with van der Waals surface area (Å²) in [5.74, 6) is -0.976. The van der Waals surface area contributed by atoms with Crippen molar-refractivity contribution in [3.63, 3.8) is 0 Å². The molecule has 0 saturated heterocycles. The van der Waals surface area contributed by atoms with Gasteiger partial charge in [0.25, 0.3) is 0 Å². The second-order valence-electron chi connectivity index (χ2n) is 1.48. The molecule has 7 heteroatoms. The molecule has 0 bridgehead atoms. The molecule has 0 fully saturated rings. The fourth-order valence-corrected chi connectivity index (χ4v) is 0.639. The van der Waals surface area contributed by atoms with Gasteiger partial charge in [-0.15, -0.1) is 0 Å². The molecule has 0 rings (SSSR count). The van der Waals surface area contributed by atoms with Crippen molar-refractivity contribution in [2.24, 2.45) is 0 Å². The molecule has 0 unspecified atom stereocenters. The minimum absolute atomic E-state index is 0.217. The molecule has 0 heterocycles. The van der Waals surface area contributed by atoms with E-state index >= 15 is 0 Å². The summed E-state index contributed by atoms with van der Waals surface area (Å²) >= 11 is 0. The lowest BCUT2D eigenvalue weighted by Gasteiger charge is -2.03. The molecule has 0 aliphatic carbocycles. The van der Waals surface area contributed by atoms with Crippen molar-refractivity contribution in [1.82, 2.24) is 5.32 Å². The largest absolute Gasteiger partial charge is 0.527 e. The Kier molecular flexibility index (Phi) is 3.52. The van der Waals surface area contributed by atoms with Crippen LogP contribution in [0.2, 0.25) is 0 Å². The molecule has 0 aliphatic rings. The van der Waals surface area contributed by atoms with Crippen LogP contribution in [-0.4, -0.2) is 29.3 Å². The summed E-state index contributed by atoms with van der Waals surface area (Å²) < 4.78 is 13.6. The van der Waals surface area contributed by atoms with Gasteiger partial charge in [0.15, 0.2) is 0 Å². The van der Waals surface area contributed by atoms with Gasteiger partial charge in [0, 0.05) is 0 Å². The van der Waals surface area contributed by atoms with Gasteiger partial charge in [0.1, 0.15) is 0 Å². The van der Waals surface area contributed by atoms with Crippen molar-refractivity contribution < 1.29 is 23.7 Å². The van der Waals surface area contributed by atoms with Gasteiger partial charge in [-0.3, -0.25) is 14.6 Å². The second kappa shape index (κ2) is 3.68. The Labute approximate surface area is 57.4 Å². The first-order valence-electron chi connectivity index (χ1n) is 2.38. The Balaban J connectivity index is 3.70. The minimum Gasteiger partial charge on any atom is -0.370 e. The number of hydrogen-bond donors (Lipinski definition) is 3. The van der Waals surface area contributed by atoms with Crippen LogP contribution in [-0.2, 0) is 13.9 Å². The van der Waals surface area contributed by atoms with Crippen molar-refractivity contribution in [3.8, 4) is 0 Å². The molecule has 0 saturated carbocycles. The third-order valence-corrected chi connectivity index (χ3v) is 0.983.